The Labute approximate surface area is 215 Å². The van der Waals surface area contributed by atoms with Crippen LogP contribution in [0.5, 0.6) is 0 Å². The van der Waals surface area contributed by atoms with E-state index >= 15 is 0 Å². The number of amides is 2. The number of nitrogens with one attached hydrogen (secondary N) is 1. The summed E-state index contributed by atoms with van der Waals surface area (Å²) in [5, 5.41) is 3.39. The first-order valence-electron chi connectivity index (χ1n) is 14.4. The van der Waals surface area contributed by atoms with Gasteiger partial charge in [0.15, 0.2) is 5.58 Å². The molecular formula is C29H44N4O3. The molecule has 1 saturated heterocycles. The Balaban J connectivity index is 1.36. The Morgan fingerprint density at radius 2 is 1.83 bits per heavy atom. The summed E-state index contributed by atoms with van der Waals surface area (Å²) < 4.78 is 7.61. The van der Waals surface area contributed by atoms with Crippen molar-refractivity contribution >= 4 is 22.9 Å². The molecule has 2 aromatic rings. The number of aromatic nitrogens is 1. The van der Waals surface area contributed by atoms with E-state index in [1.165, 1.54) is 44.9 Å². The highest BCUT2D eigenvalue weighted by atomic mass is 16.3. The first kappa shape index (κ1) is 25.4. The fourth-order valence-electron chi connectivity index (χ4n) is 6.81. The highest BCUT2D eigenvalue weighted by molar-refractivity contribution is 6.02. The van der Waals surface area contributed by atoms with E-state index in [-0.39, 0.29) is 17.9 Å². The van der Waals surface area contributed by atoms with Crippen molar-refractivity contribution in [2.45, 2.75) is 115 Å². The third kappa shape index (κ3) is 4.96. The van der Waals surface area contributed by atoms with E-state index in [1.54, 1.807) is 6.26 Å². The molecule has 4 heterocycles. The molecule has 1 N–H and O–H groups in total. The summed E-state index contributed by atoms with van der Waals surface area (Å²) in [7, 11) is 0. The van der Waals surface area contributed by atoms with Crippen LogP contribution < -0.4 is 5.32 Å². The van der Waals surface area contributed by atoms with Crippen LogP contribution in [0.15, 0.2) is 22.8 Å². The molecule has 2 aromatic heterocycles. The van der Waals surface area contributed by atoms with Crippen LogP contribution in [-0.2, 0) is 11.3 Å². The molecule has 198 valence electrons. The molecule has 0 bridgehead atoms. The fourth-order valence-corrected chi connectivity index (χ4v) is 6.81. The van der Waals surface area contributed by atoms with Crippen LogP contribution in [0.3, 0.4) is 0 Å². The van der Waals surface area contributed by atoms with Gasteiger partial charge in [0.25, 0.3) is 5.91 Å². The summed E-state index contributed by atoms with van der Waals surface area (Å²) >= 11 is 0. The molecule has 5 rings (SSSR count). The zero-order chi connectivity index (χ0) is 25.1. The molecule has 0 spiro atoms. The molecule has 3 aliphatic rings. The lowest BCUT2D eigenvalue weighted by molar-refractivity contribution is -0.133. The van der Waals surface area contributed by atoms with Gasteiger partial charge in [-0.1, -0.05) is 45.4 Å². The summed E-state index contributed by atoms with van der Waals surface area (Å²) in [5.41, 5.74) is 1.30. The van der Waals surface area contributed by atoms with Crippen LogP contribution in [0.1, 0.15) is 101 Å². The molecule has 1 saturated carbocycles. The van der Waals surface area contributed by atoms with Crippen molar-refractivity contribution < 1.29 is 14.0 Å². The van der Waals surface area contributed by atoms with Crippen LogP contribution in [-0.4, -0.2) is 63.4 Å². The Morgan fingerprint density at radius 1 is 1.08 bits per heavy atom. The highest BCUT2D eigenvalue weighted by Crippen LogP contribution is 2.33. The molecule has 0 radical (unpaired) electrons. The Bertz CT molecular complexity index is 1050. The van der Waals surface area contributed by atoms with Gasteiger partial charge in [-0.05, 0) is 52.0 Å². The van der Waals surface area contributed by atoms with E-state index in [0.717, 1.165) is 50.7 Å². The quantitative estimate of drug-likeness (QED) is 0.562. The maximum atomic E-state index is 14.0. The standard InChI is InChI=1S/C29H44N4O3/c1-3-23-14-9-10-16-31(23)17-11-18-33-27(34)25-20-26-24(15-19-36-26)32(25)21-29(33,2)28(35)30-22-12-7-5-4-6-8-13-22/h15,19-20,22-23H,3-14,16-18,21H2,1-2H3,(H,30,35)/t23-,29-/m0/s1. The summed E-state index contributed by atoms with van der Waals surface area (Å²) in [6.07, 6.45) is 15.7. The number of hydrogen-bond acceptors (Lipinski definition) is 4. The predicted octanol–water partition coefficient (Wildman–Crippen LogP) is 5.33. The first-order chi connectivity index (χ1) is 17.5. The third-order valence-electron chi connectivity index (χ3n) is 9.03. The summed E-state index contributed by atoms with van der Waals surface area (Å²) in [6.45, 7) is 7.41. The van der Waals surface area contributed by atoms with Gasteiger partial charge in [-0.15, -0.1) is 0 Å². The minimum atomic E-state index is -0.929. The van der Waals surface area contributed by atoms with Gasteiger partial charge >= 0.3 is 0 Å². The molecule has 36 heavy (non-hydrogen) atoms. The average molecular weight is 497 g/mol. The zero-order valence-electron chi connectivity index (χ0n) is 22.3. The van der Waals surface area contributed by atoms with Gasteiger partial charge in [0.05, 0.1) is 18.3 Å². The average Bonchev–Trinajstić information content (AvgIpc) is 3.45. The molecule has 1 aliphatic carbocycles. The van der Waals surface area contributed by atoms with E-state index in [0.29, 0.717) is 30.4 Å². The number of nitrogens with zero attached hydrogens (tertiary/aromatic N) is 3. The van der Waals surface area contributed by atoms with Crippen LogP contribution in [0.4, 0.5) is 0 Å². The van der Waals surface area contributed by atoms with Gasteiger partial charge in [0.1, 0.15) is 11.2 Å². The molecule has 2 atom stereocenters. The lowest BCUT2D eigenvalue weighted by Gasteiger charge is -2.45. The second-order valence-electron chi connectivity index (χ2n) is 11.5. The van der Waals surface area contributed by atoms with Gasteiger partial charge in [-0.25, -0.2) is 0 Å². The number of carbonyl (C=O) groups excluding carboxylic acids is 2. The van der Waals surface area contributed by atoms with Gasteiger partial charge in [0.2, 0.25) is 5.91 Å². The predicted molar refractivity (Wildman–Crippen MR) is 142 cm³/mol. The van der Waals surface area contributed by atoms with E-state index < -0.39 is 5.54 Å². The Hall–Kier alpha value is -2.28. The summed E-state index contributed by atoms with van der Waals surface area (Å²) in [4.78, 5) is 32.3. The molecule has 7 heteroatoms. The van der Waals surface area contributed by atoms with E-state index in [1.807, 2.05) is 28.5 Å². The van der Waals surface area contributed by atoms with Crippen molar-refractivity contribution in [1.29, 1.82) is 0 Å². The normalized spacial score (nSPS) is 26.6. The maximum absolute atomic E-state index is 14.0. The van der Waals surface area contributed by atoms with Gasteiger partial charge in [0, 0.05) is 37.3 Å². The van der Waals surface area contributed by atoms with Crippen LogP contribution in [0, 0.1) is 0 Å². The molecule has 0 unspecified atom stereocenters. The van der Waals surface area contributed by atoms with Crippen LogP contribution >= 0.6 is 0 Å². The van der Waals surface area contributed by atoms with Crippen molar-refractivity contribution in [1.82, 2.24) is 19.7 Å². The fraction of sp³-hybridized carbons (Fsp3) is 0.724. The molecule has 0 aromatic carbocycles. The maximum Gasteiger partial charge on any atom is 0.271 e. The van der Waals surface area contributed by atoms with Crippen molar-refractivity contribution in [2.75, 3.05) is 19.6 Å². The monoisotopic (exact) mass is 496 g/mol. The van der Waals surface area contributed by atoms with Crippen LogP contribution in [0.2, 0.25) is 0 Å². The molecule has 2 fully saturated rings. The SMILES string of the molecule is CC[C@H]1CCCCN1CCCN1C(=O)c2cc3occc3n2C[C@@]1(C)C(=O)NC1CCCCCCC1. The van der Waals surface area contributed by atoms with Crippen molar-refractivity contribution in [3.63, 3.8) is 0 Å². The van der Waals surface area contributed by atoms with Gasteiger partial charge in [-0.3, -0.25) is 9.59 Å². The highest BCUT2D eigenvalue weighted by Gasteiger charge is 2.48. The van der Waals surface area contributed by atoms with Crippen molar-refractivity contribution in [3.05, 3.63) is 24.1 Å². The minimum Gasteiger partial charge on any atom is -0.463 e. The Kier molecular flexibility index (Phi) is 7.75. The van der Waals surface area contributed by atoms with Crippen molar-refractivity contribution in [3.8, 4) is 0 Å². The van der Waals surface area contributed by atoms with E-state index in [2.05, 4.69) is 17.1 Å². The Morgan fingerprint density at radius 3 is 2.61 bits per heavy atom. The van der Waals surface area contributed by atoms with E-state index in [4.69, 9.17) is 4.42 Å². The largest absolute Gasteiger partial charge is 0.463 e. The van der Waals surface area contributed by atoms with Gasteiger partial charge in [-0.2, -0.15) is 0 Å². The number of hydrogen-bond donors (Lipinski definition) is 1. The van der Waals surface area contributed by atoms with Crippen molar-refractivity contribution in [2.24, 2.45) is 0 Å². The molecule has 7 nitrogen and oxygen atoms in total. The first-order valence-corrected chi connectivity index (χ1v) is 14.4. The third-order valence-corrected chi connectivity index (χ3v) is 9.03. The summed E-state index contributed by atoms with van der Waals surface area (Å²) in [6, 6.07) is 4.59. The lowest BCUT2D eigenvalue weighted by atomic mass is 9.92. The number of likely N-dealkylation sites (tertiary alicyclic amines) is 1. The second-order valence-corrected chi connectivity index (χ2v) is 11.5. The van der Waals surface area contributed by atoms with Gasteiger partial charge < -0.3 is 24.1 Å². The number of furan rings is 1. The minimum absolute atomic E-state index is 0.0122. The number of piperidine rings is 1. The lowest BCUT2D eigenvalue weighted by Crippen LogP contribution is -2.65. The molecule has 2 aliphatic heterocycles. The zero-order valence-corrected chi connectivity index (χ0v) is 22.3. The number of fused-ring (bicyclic) bond motifs is 3. The smallest absolute Gasteiger partial charge is 0.271 e. The second kappa shape index (κ2) is 11.0. The van der Waals surface area contributed by atoms with E-state index in [9.17, 15) is 9.59 Å². The molecular weight excluding hydrogens is 452 g/mol. The number of carbonyl (C=O) groups is 2. The topological polar surface area (TPSA) is 70.7 Å². The molecule has 2 amide bonds. The summed E-state index contributed by atoms with van der Waals surface area (Å²) in [5.74, 6) is -0.0736. The van der Waals surface area contributed by atoms with Crippen LogP contribution in [0.25, 0.3) is 11.1 Å². The number of rotatable bonds is 7.